The van der Waals surface area contributed by atoms with Crippen LogP contribution in [0.3, 0.4) is 0 Å². The fourth-order valence-electron chi connectivity index (χ4n) is 2.82. The molecule has 1 atom stereocenters. The van der Waals surface area contributed by atoms with Crippen LogP contribution >= 0.6 is 0 Å². The summed E-state index contributed by atoms with van der Waals surface area (Å²) in [6, 6.07) is 0.0198. The number of carbonyl (C=O) groups excluding carboxylic acids is 1. The van der Waals surface area contributed by atoms with Gasteiger partial charge in [0.15, 0.2) is 0 Å². The van der Waals surface area contributed by atoms with Crippen molar-refractivity contribution in [1.29, 1.82) is 0 Å². The molecule has 1 unspecified atom stereocenters. The number of amides is 1. The Balaban J connectivity index is 2.20. The molecule has 0 aromatic rings. The first-order valence-corrected chi connectivity index (χ1v) is 8.77. The monoisotopic (exact) mass is 297 g/mol. The van der Waals surface area contributed by atoms with Crippen LogP contribution in [0.15, 0.2) is 0 Å². The van der Waals surface area contributed by atoms with E-state index in [0.29, 0.717) is 0 Å². The Morgan fingerprint density at radius 2 is 1.90 bits per heavy atom. The average Bonchev–Trinajstić information content (AvgIpc) is 2.47. The van der Waals surface area contributed by atoms with Gasteiger partial charge < -0.3 is 10.6 Å². The van der Waals surface area contributed by atoms with Gasteiger partial charge in [0.25, 0.3) is 0 Å². The highest BCUT2D eigenvalue weighted by molar-refractivity contribution is 5.81. The number of likely N-dealkylation sites (tertiary alicyclic amines) is 1. The van der Waals surface area contributed by atoms with Crippen LogP contribution in [0.4, 0.5) is 0 Å². The van der Waals surface area contributed by atoms with Crippen LogP contribution in [0.5, 0.6) is 0 Å². The second-order valence-corrected chi connectivity index (χ2v) is 6.85. The van der Waals surface area contributed by atoms with Gasteiger partial charge in [0, 0.05) is 6.54 Å². The van der Waals surface area contributed by atoms with Gasteiger partial charge in [0.1, 0.15) is 0 Å². The average molecular weight is 297 g/mol. The SMILES string of the molecule is CCCCNC(=O)C(C)N1CCC(CNCC(C)C)CC1. The molecule has 4 nitrogen and oxygen atoms in total. The zero-order chi connectivity index (χ0) is 15.7. The molecule has 1 heterocycles. The van der Waals surface area contributed by atoms with E-state index in [9.17, 15) is 4.79 Å². The van der Waals surface area contributed by atoms with E-state index >= 15 is 0 Å². The molecule has 124 valence electrons. The largest absolute Gasteiger partial charge is 0.355 e. The van der Waals surface area contributed by atoms with Crippen LogP contribution < -0.4 is 10.6 Å². The number of rotatable bonds is 9. The van der Waals surface area contributed by atoms with E-state index in [1.54, 1.807) is 0 Å². The number of carbonyl (C=O) groups is 1. The lowest BCUT2D eigenvalue weighted by atomic mass is 9.95. The maximum Gasteiger partial charge on any atom is 0.237 e. The Bertz CT molecular complexity index is 286. The van der Waals surface area contributed by atoms with E-state index in [4.69, 9.17) is 0 Å². The highest BCUT2D eigenvalue weighted by Crippen LogP contribution is 2.18. The minimum Gasteiger partial charge on any atom is -0.355 e. The van der Waals surface area contributed by atoms with Crippen molar-refractivity contribution in [1.82, 2.24) is 15.5 Å². The summed E-state index contributed by atoms with van der Waals surface area (Å²) < 4.78 is 0. The summed E-state index contributed by atoms with van der Waals surface area (Å²) in [6.45, 7) is 13.8. The van der Waals surface area contributed by atoms with Crippen molar-refractivity contribution in [3.05, 3.63) is 0 Å². The van der Waals surface area contributed by atoms with Crippen molar-refractivity contribution in [2.75, 3.05) is 32.7 Å². The fraction of sp³-hybridized carbons (Fsp3) is 0.941. The molecule has 0 aliphatic carbocycles. The van der Waals surface area contributed by atoms with Gasteiger partial charge in [-0.3, -0.25) is 9.69 Å². The van der Waals surface area contributed by atoms with Gasteiger partial charge in [0.2, 0.25) is 5.91 Å². The van der Waals surface area contributed by atoms with E-state index in [1.165, 1.54) is 12.8 Å². The third-order valence-electron chi connectivity index (χ3n) is 4.39. The zero-order valence-electron chi connectivity index (χ0n) is 14.5. The van der Waals surface area contributed by atoms with Crippen molar-refractivity contribution in [2.24, 2.45) is 11.8 Å². The lowest BCUT2D eigenvalue weighted by Gasteiger charge is -2.35. The smallest absolute Gasteiger partial charge is 0.237 e. The number of unbranched alkanes of at least 4 members (excludes halogenated alkanes) is 1. The third kappa shape index (κ3) is 7.28. The molecule has 0 radical (unpaired) electrons. The molecule has 1 aliphatic heterocycles. The summed E-state index contributed by atoms with van der Waals surface area (Å²) in [5, 5.41) is 6.60. The van der Waals surface area contributed by atoms with Crippen molar-refractivity contribution in [3.63, 3.8) is 0 Å². The molecule has 0 aromatic heterocycles. The van der Waals surface area contributed by atoms with Crippen molar-refractivity contribution < 1.29 is 4.79 Å². The van der Waals surface area contributed by atoms with Crippen LogP contribution in [0, 0.1) is 11.8 Å². The number of nitrogens with zero attached hydrogens (tertiary/aromatic N) is 1. The quantitative estimate of drug-likeness (QED) is 0.642. The Kier molecular flexibility index (Phi) is 8.93. The Labute approximate surface area is 131 Å². The molecular weight excluding hydrogens is 262 g/mol. The number of piperidine rings is 1. The molecule has 1 amide bonds. The summed E-state index contributed by atoms with van der Waals surface area (Å²) in [6.07, 6.45) is 4.61. The van der Waals surface area contributed by atoms with Gasteiger partial charge in [-0.1, -0.05) is 27.2 Å². The molecule has 0 aromatic carbocycles. The molecule has 1 rings (SSSR count). The maximum atomic E-state index is 12.1. The second-order valence-electron chi connectivity index (χ2n) is 6.85. The van der Waals surface area contributed by atoms with E-state index in [1.807, 2.05) is 6.92 Å². The lowest BCUT2D eigenvalue weighted by molar-refractivity contribution is -0.126. The standard InChI is InChI=1S/C17H35N3O/c1-5-6-9-19-17(21)15(4)20-10-7-16(8-11-20)13-18-12-14(2)3/h14-16,18H,5-13H2,1-4H3,(H,19,21). The van der Waals surface area contributed by atoms with E-state index in [0.717, 1.165) is 57.4 Å². The number of nitrogens with one attached hydrogen (secondary N) is 2. The topological polar surface area (TPSA) is 44.4 Å². The zero-order valence-corrected chi connectivity index (χ0v) is 14.5. The molecule has 21 heavy (non-hydrogen) atoms. The minimum atomic E-state index is 0.0198. The summed E-state index contributed by atoms with van der Waals surface area (Å²) in [5.74, 6) is 1.69. The van der Waals surface area contributed by atoms with E-state index < -0.39 is 0 Å². The molecule has 0 saturated carbocycles. The maximum absolute atomic E-state index is 12.1. The second kappa shape index (κ2) is 10.2. The molecule has 1 saturated heterocycles. The Morgan fingerprint density at radius 1 is 1.24 bits per heavy atom. The van der Waals surface area contributed by atoms with Gasteiger partial charge in [-0.25, -0.2) is 0 Å². The van der Waals surface area contributed by atoms with Crippen LogP contribution in [0.25, 0.3) is 0 Å². The normalized spacial score (nSPS) is 18.9. The van der Waals surface area contributed by atoms with Crippen molar-refractivity contribution in [3.8, 4) is 0 Å². The van der Waals surface area contributed by atoms with E-state index in [2.05, 4.69) is 36.3 Å². The third-order valence-corrected chi connectivity index (χ3v) is 4.39. The van der Waals surface area contributed by atoms with Gasteiger partial charge in [-0.15, -0.1) is 0 Å². The number of hydrogen-bond acceptors (Lipinski definition) is 3. The summed E-state index contributed by atoms with van der Waals surface area (Å²) in [5.41, 5.74) is 0. The predicted octanol–water partition coefficient (Wildman–Crippen LogP) is 2.25. The molecular formula is C17H35N3O. The van der Waals surface area contributed by atoms with Gasteiger partial charge in [-0.05, 0) is 64.2 Å². The first kappa shape index (κ1) is 18.4. The Hall–Kier alpha value is -0.610. The van der Waals surface area contributed by atoms with Gasteiger partial charge in [0.05, 0.1) is 6.04 Å². The summed E-state index contributed by atoms with van der Waals surface area (Å²) >= 11 is 0. The molecule has 0 spiro atoms. The molecule has 1 aliphatic rings. The summed E-state index contributed by atoms with van der Waals surface area (Å²) in [4.78, 5) is 14.4. The molecule has 4 heteroatoms. The first-order valence-electron chi connectivity index (χ1n) is 8.77. The first-order chi connectivity index (χ1) is 10.0. The lowest BCUT2D eigenvalue weighted by Crippen LogP contribution is -2.49. The van der Waals surface area contributed by atoms with Gasteiger partial charge >= 0.3 is 0 Å². The van der Waals surface area contributed by atoms with Crippen molar-refractivity contribution in [2.45, 2.75) is 59.4 Å². The fourth-order valence-corrected chi connectivity index (χ4v) is 2.82. The molecule has 1 fully saturated rings. The molecule has 2 N–H and O–H groups in total. The predicted molar refractivity (Wildman–Crippen MR) is 89.4 cm³/mol. The van der Waals surface area contributed by atoms with Gasteiger partial charge in [-0.2, -0.15) is 0 Å². The van der Waals surface area contributed by atoms with Crippen LogP contribution in [-0.2, 0) is 4.79 Å². The number of hydrogen-bond donors (Lipinski definition) is 2. The highest BCUT2D eigenvalue weighted by Gasteiger charge is 2.26. The van der Waals surface area contributed by atoms with Crippen LogP contribution in [-0.4, -0.2) is 49.6 Å². The highest BCUT2D eigenvalue weighted by atomic mass is 16.2. The minimum absolute atomic E-state index is 0.0198. The van der Waals surface area contributed by atoms with Crippen LogP contribution in [0.2, 0.25) is 0 Å². The van der Waals surface area contributed by atoms with E-state index in [-0.39, 0.29) is 11.9 Å². The molecule has 0 bridgehead atoms. The Morgan fingerprint density at radius 3 is 2.48 bits per heavy atom. The van der Waals surface area contributed by atoms with Crippen molar-refractivity contribution >= 4 is 5.91 Å². The summed E-state index contributed by atoms with van der Waals surface area (Å²) in [7, 11) is 0. The van der Waals surface area contributed by atoms with Crippen LogP contribution in [0.1, 0.15) is 53.4 Å².